The maximum atomic E-state index is 11.4. The van der Waals surface area contributed by atoms with E-state index in [2.05, 4.69) is 5.32 Å². The topological polar surface area (TPSA) is 149 Å². The number of halogens is 2. The molecular weight excluding hydrogens is 353 g/mol. The molecule has 0 heterocycles. The first kappa shape index (κ1) is 17.1. The fraction of sp³-hybridized carbons (Fsp3) is 0.125. The molecule has 0 saturated carbocycles. The third-order valence-corrected chi connectivity index (χ3v) is 4.61. The van der Waals surface area contributed by atoms with Gasteiger partial charge in [-0.15, -0.1) is 11.6 Å². The van der Waals surface area contributed by atoms with Gasteiger partial charge in [0.25, 0.3) is 0 Å². The van der Waals surface area contributed by atoms with Gasteiger partial charge >= 0.3 is 0 Å². The highest BCUT2D eigenvalue weighted by Gasteiger charge is 2.23. The number of amides is 1. The number of benzene rings is 1. The van der Waals surface area contributed by atoms with Crippen molar-refractivity contribution in [3.63, 3.8) is 0 Å². The molecule has 0 aliphatic heterocycles. The number of carbonyl (C=O) groups excluding carboxylic acids is 1. The Hall–Kier alpha value is -0.910. The van der Waals surface area contributed by atoms with Crippen LogP contribution in [0.15, 0.2) is 21.9 Å². The molecule has 12 heteroatoms. The quantitative estimate of drug-likeness (QED) is 0.635. The second kappa shape index (κ2) is 5.84. The van der Waals surface area contributed by atoms with Gasteiger partial charge in [0.1, 0.15) is 15.7 Å². The number of anilines is 1. The second-order valence-corrected chi connectivity index (χ2v) is 7.28. The molecule has 1 amide bonds. The van der Waals surface area contributed by atoms with Gasteiger partial charge in [0, 0.05) is 0 Å². The Morgan fingerprint density at radius 2 is 1.60 bits per heavy atom. The summed E-state index contributed by atoms with van der Waals surface area (Å²) in [5, 5.41) is 11.6. The average molecular weight is 362 g/mol. The van der Waals surface area contributed by atoms with Crippen molar-refractivity contribution < 1.29 is 21.6 Å². The van der Waals surface area contributed by atoms with E-state index in [9.17, 15) is 21.6 Å². The van der Waals surface area contributed by atoms with Gasteiger partial charge in [0.2, 0.25) is 26.0 Å². The van der Waals surface area contributed by atoms with E-state index in [-0.39, 0.29) is 10.7 Å². The van der Waals surface area contributed by atoms with Gasteiger partial charge in [0.05, 0.1) is 10.7 Å². The molecule has 20 heavy (non-hydrogen) atoms. The first-order valence-corrected chi connectivity index (χ1v) is 8.72. The van der Waals surface area contributed by atoms with Gasteiger partial charge in [-0.1, -0.05) is 11.6 Å². The molecule has 5 N–H and O–H groups in total. The maximum absolute atomic E-state index is 11.4. The lowest BCUT2D eigenvalue weighted by atomic mass is 10.3. The van der Waals surface area contributed by atoms with Crippen LogP contribution in [0.5, 0.6) is 0 Å². The first-order chi connectivity index (χ1) is 8.96. The number of hydrogen-bond acceptors (Lipinski definition) is 5. The van der Waals surface area contributed by atoms with Crippen LogP contribution >= 0.6 is 23.2 Å². The predicted molar refractivity (Wildman–Crippen MR) is 73.5 cm³/mol. The molecule has 0 aromatic heterocycles. The summed E-state index contributed by atoms with van der Waals surface area (Å²) in [7, 11) is -8.58. The number of primary sulfonamides is 2. The van der Waals surface area contributed by atoms with Crippen molar-refractivity contribution in [2.75, 3.05) is 11.2 Å². The highest BCUT2D eigenvalue weighted by molar-refractivity contribution is 7.90. The standard InChI is InChI=1S/C8H9Cl2N3O5S2/c9-3-8(14)13-5-1-4(10)6(19(11,15)16)2-7(5)20(12,17)18/h1-2H,3H2,(H,13,14)(H2,11,15,16)(H2,12,17,18). The number of alkyl halides is 1. The molecule has 0 bridgehead atoms. The SMILES string of the molecule is NS(=O)(=O)c1cc(S(N)(=O)=O)c(NC(=O)CCl)cc1Cl. The van der Waals surface area contributed by atoms with Crippen molar-refractivity contribution in [2.24, 2.45) is 10.3 Å². The number of hydrogen-bond donors (Lipinski definition) is 3. The van der Waals surface area contributed by atoms with Gasteiger partial charge in [-0.2, -0.15) is 0 Å². The molecule has 112 valence electrons. The number of nitrogens with two attached hydrogens (primary N) is 2. The normalized spacial score (nSPS) is 12.2. The van der Waals surface area contributed by atoms with Crippen LogP contribution in [0.1, 0.15) is 0 Å². The van der Waals surface area contributed by atoms with Crippen LogP contribution < -0.4 is 15.6 Å². The molecular formula is C8H9Cl2N3O5S2. The van der Waals surface area contributed by atoms with E-state index >= 15 is 0 Å². The Labute approximate surface area is 125 Å². The zero-order chi connectivity index (χ0) is 15.7. The molecule has 0 spiro atoms. The first-order valence-electron chi connectivity index (χ1n) is 4.71. The number of rotatable bonds is 4. The van der Waals surface area contributed by atoms with Crippen molar-refractivity contribution in [1.82, 2.24) is 0 Å². The van der Waals surface area contributed by atoms with Gasteiger partial charge in [-0.05, 0) is 12.1 Å². The summed E-state index contributed by atoms with van der Waals surface area (Å²) in [5.41, 5.74) is -0.296. The molecule has 0 fully saturated rings. The van der Waals surface area contributed by atoms with E-state index in [1.165, 1.54) is 0 Å². The van der Waals surface area contributed by atoms with Crippen molar-refractivity contribution in [3.8, 4) is 0 Å². The fourth-order valence-electron chi connectivity index (χ4n) is 1.27. The summed E-state index contributed by atoms with van der Waals surface area (Å²) in [6.45, 7) is 0. The Morgan fingerprint density at radius 3 is 2.00 bits per heavy atom. The van der Waals surface area contributed by atoms with Crippen molar-refractivity contribution in [3.05, 3.63) is 17.2 Å². The largest absolute Gasteiger partial charge is 0.324 e. The van der Waals surface area contributed by atoms with E-state index in [0.29, 0.717) is 6.07 Å². The molecule has 0 saturated heterocycles. The Balaban J connectivity index is 3.62. The van der Waals surface area contributed by atoms with Crippen molar-refractivity contribution >= 4 is 54.8 Å². The van der Waals surface area contributed by atoms with Crippen molar-refractivity contribution in [1.29, 1.82) is 0 Å². The second-order valence-electron chi connectivity index (χ2n) is 3.55. The van der Waals surface area contributed by atoms with Crippen LogP contribution in [-0.2, 0) is 24.8 Å². The zero-order valence-electron chi connectivity index (χ0n) is 9.63. The molecule has 1 rings (SSSR count). The molecule has 1 aromatic rings. The Bertz CT molecular complexity index is 761. The molecule has 1 aromatic carbocycles. The summed E-state index contributed by atoms with van der Waals surface area (Å²) >= 11 is 11.0. The smallest absolute Gasteiger partial charge is 0.240 e. The lowest BCUT2D eigenvalue weighted by Gasteiger charge is -2.11. The minimum atomic E-state index is -4.32. The molecule has 0 aliphatic carbocycles. The van der Waals surface area contributed by atoms with Gasteiger partial charge in [-0.3, -0.25) is 4.79 Å². The van der Waals surface area contributed by atoms with Gasteiger partial charge in [0.15, 0.2) is 0 Å². The zero-order valence-corrected chi connectivity index (χ0v) is 12.8. The Kier molecular flexibility index (Phi) is 5.00. The fourth-order valence-corrected chi connectivity index (χ4v) is 3.21. The average Bonchev–Trinajstić information content (AvgIpc) is 2.25. The van der Waals surface area contributed by atoms with Gasteiger partial charge in [-0.25, -0.2) is 27.1 Å². The van der Waals surface area contributed by atoms with Gasteiger partial charge < -0.3 is 5.32 Å². The highest BCUT2D eigenvalue weighted by Crippen LogP contribution is 2.30. The summed E-state index contributed by atoms with van der Waals surface area (Å²) in [6.07, 6.45) is 0. The summed E-state index contributed by atoms with van der Waals surface area (Å²) in [6, 6.07) is 1.57. The third-order valence-electron chi connectivity index (χ3n) is 2.04. The van der Waals surface area contributed by atoms with Crippen LogP contribution in [0.2, 0.25) is 5.02 Å². The van der Waals surface area contributed by atoms with Crippen LogP contribution in [0.25, 0.3) is 0 Å². The molecule has 0 aliphatic rings. The van der Waals surface area contributed by atoms with Crippen LogP contribution in [-0.4, -0.2) is 28.6 Å². The summed E-state index contributed by atoms with van der Waals surface area (Å²) in [4.78, 5) is 9.91. The Morgan fingerprint density at radius 1 is 1.10 bits per heavy atom. The highest BCUT2D eigenvalue weighted by atomic mass is 35.5. The molecule has 0 unspecified atom stereocenters. The number of carbonyl (C=O) groups is 1. The van der Waals surface area contributed by atoms with E-state index in [1.807, 2.05) is 0 Å². The number of nitrogens with one attached hydrogen (secondary N) is 1. The lowest BCUT2D eigenvalue weighted by molar-refractivity contribution is -0.113. The third kappa shape index (κ3) is 4.04. The monoisotopic (exact) mass is 361 g/mol. The maximum Gasteiger partial charge on any atom is 0.240 e. The number of sulfonamides is 2. The van der Waals surface area contributed by atoms with Crippen LogP contribution in [0.3, 0.4) is 0 Å². The van der Waals surface area contributed by atoms with E-state index in [4.69, 9.17) is 33.5 Å². The predicted octanol–water partition coefficient (Wildman–Crippen LogP) is -0.188. The van der Waals surface area contributed by atoms with E-state index in [1.54, 1.807) is 0 Å². The molecule has 0 atom stereocenters. The molecule has 0 radical (unpaired) electrons. The minimum absolute atomic E-state index is 0.296. The van der Waals surface area contributed by atoms with Crippen molar-refractivity contribution in [2.45, 2.75) is 9.79 Å². The van der Waals surface area contributed by atoms with E-state index in [0.717, 1.165) is 6.07 Å². The lowest BCUT2D eigenvalue weighted by Crippen LogP contribution is -2.21. The van der Waals surface area contributed by atoms with Crippen LogP contribution in [0, 0.1) is 0 Å². The molecule has 8 nitrogen and oxygen atoms in total. The summed E-state index contributed by atoms with van der Waals surface area (Å²) < 4.78 is 45.4. The van der Waals surface area contributed by atoms with E-state index < -0.39 is 41.6 Å². The van der Waals surface area contributed by atoms with Crippen LogP contribution in [0.4, 0.5) is 5.69 Å². The summed E-state index contributed by atoms with van der Waals surface area (Å²) in [5.74, 6) is -1.17. The minimum Gasteiger partial charge on any atom is -0.324 e.